The van der Waals surface area contributed by atoms with E-state index in [-0.39, 0.29) is 18.6 Å². The second kappa shape index (κ2) is 16.5. The Labute approximate surface area is 293 Å². The molecule has 270 valence electrons. The topological polar surface area (TPSA) is 132 Å². The molecule has 1 N–H and O–H groups in total. The minimum Gasteiger partial charge on any atom is -0.444 e. The maximum absolute atomic E-state index is 13.6. The number of aromatic amines is 1. The molecule has 2 aromatic carbocycles. The predicted molar refractivity (Wildman–Crippen MR) is 188 cm³/mol. The summed E-state index contributed by atoms with van der Waals surface area (Å²) in [6, 6.07) is 19.5. The number of hydrogen-bond acceptors (Lipinski definition) is 9. The fraction of sp³-hybridized carbons (Fsp3) is 0.526. The van der Waals surface area contributed by atoms with Gasteiger partial charge in [0.15, 0.2) is 0 Å². The normalized spacial score (nSPS) is 21.5. The molecule has 2 aliphatic heterocycles. The van der Waals surface area contributed by atoms with Gasteiger partial charge in [0.2, 0.25) is 0 Å². The first-order chi connectivity index (χ1) is 23.9. The lowest BCUT2D eigenvalue weighted by Crippen LogP contribution is -2.51. The van der Waals surface area contributed by atoms with E-state index in [1.807, 2.05) is 81.1 Å². The number of carbonyl (C=O) groups is 2. The highest BCUT2D eigenvalue weighted by atomic mass is 16.7. The quantitative estimate of drug-likeness (QED) is 0.237. The zero-order valence-corrected chi connectivity index (χ0v) is 29.7. The molecule has 50 heavy (non-hydrogen) atoms. The van der Waals surface area contributed by atoms with E-state index in [0.717, 1.165) is 30.4 Å². The number of likely N-dealkylation sites (tertiary alicyclic amines) is 1. The van der Waals surface area contributed by atoms with E-state index < -0.39 is 47.5 Å². The highest BCUT2D eigenvalue weighted by Crippen LogP contribution is 2.33. The minimum atomic E-state index is -0.843. The molecule has 5 rings (SSSR count). The summed E-state index contributed by atoms with van der Waals surface area (Å²) in [5.74, 6) is 0. The Hall–Kier alpha value is -4.42. The molecular weight excluding hydrogens is 640 g/mol. The molecule has 3 aromatic rings. The van der Waals surface area contributed by atoms with Crippen molar-refractivity contribution in [2.75, 3.05) is 19.6 Å². The van der Waals surface area contributed by atoms with Gasteiger partial charge in [-0.15, -0.1) is 0 Å². The van der Waals surface area contributed by atoms with Crippen molar-refractivity contribution in [2.45, 2.75) is 109 Å². The minimum absolute atomic E-state index is 0.0801. The molecule has 0 aliphatic carbocycles. The third-order valence-electron chi connectivity index (χ3n) is 9.09. The van der Waals surface area contributed by atoms with Crippen molar-refractivity contribution in [3.63, 3.8) is 0 Å². The summed E-state index contributed by atoms with van der Waals surface area (Å²) < 4.78 is 25.2. The van der Waals surface area contributed by atoms with Crippen molar-refractivity contribution in [3.05, 3.63) is 104 Å². The fourth-order valence-corrected chi connectivity index (χ4v) is 6.63. The third-order valence-corrected chi connectivity index (χ3v) is 9.09. The monoisotopic (exact) mass is 690 g/mol. The number of carbonyl (C=O) groups excluding carboxylic acids is 2. The van der Waals surface area contributed by atoms with Gasteiger partial charge in [0.1, 0.15) is 24.0 Å². The predicted octanol–water partition coefficient (Wildman–Crippen LogP) is 6.10. The van der Waals surface area contributed by atoms with Gasteiger partial charge in [-0.05, 0) is 64.5 Å². The van der Waals surface area contributed by atoms with Crippen molar-refractivity contribution in [1.82, 2.24) is 19.4 Å². The molecule has 2 saturated heterocycles. The van der Waals surface area contributed by atoms with Crippen molar-refractivity contribution >= 4 is 12.2 Å². The van der Waals surface area contributed by atoms with E-state index in [1.165, 1.54) is 10.8 Å². The number of amides is 1. The summed E-state index contributed by atoms with van der Waals surface area (Å²) >= 11 is 0. The van der Waals surface area contributed by atoms with Crippen LogP contribution in [0.25, 0.3) is 0 Å². The van der Waals surface area contributed by atoms with Gasteiger partial charge in [-0.25, -0.2) is 14.4 Å². The number of aromatic nitrogens is 2. The van der Waals surface area contributed by atoms with Gasteiger partial charge in [0, 0.05) is 50.4 Å². The molecule has 0 radical (unpaired) electrons. The number of aryl methyl sites for hydroxylation is 1. The van der Waals surface area contributed by atoms with Crippen LogP contribution in [0.3, 0.4) is 0 Å². The lowest BCUT2D eigenvalue weighted by atomic mass is 10.0. The van der Waals surface area contributed by atoms with Gasteiger partial charge in [-0.1, -0.05) is 67.6 Å². The first-order valence-electron chi connectivity index (χ1n) is 17.6. The third kappa shape index (κ3) is 9.85. The molecule has 1 aromatic heterocycles. The highest BCUT2D eigenvalue weighted by molar-refractivity contribution is 5.68. The van der Waals surface area contributed by atoms with Gasteiger partial charge in [-0.3, -0.25) is 19.2 Å². The lowest BCUT2D eigenvalue weighted by molar-refractivity contribution is -0.0489. The molecule has 0 bridgehead atoms. The van der Waals surface area contributed by atoms with Crippen LogP contribution >= 0.6 is 0 Å². The van der Waals surface area contributed by atoms with Crippen LogP contribution in [0.5, 0.6) is 0 Å². The van der Waals surface area contributed by atoms with Gasteiger partial charge in [0.05, 0.1) is 6.10 Å². The number of hydrogen-bond donors (Lipinski definition) is 1. The summed E-state index contributed by atoms with van der Waals surface area (Å²) in [6.07, 6.45) is 1.27. The van der Waals surface area contributed by atoms with Crippen LogP contribution in [0.15, 0.2) is 76.4 Å². The number of ether oxygens (including phenoxy) is 4. The largest absolute Gasteiger partial charge is 0.509 e. The summed E-state index contributed by atoms with van der Waals surface area (Å²) in [5, 5.41) is 0. The molecule has 2 fully saturated rings. The molecule has 0 spiro atoms. The molecule has 12 nitrogen and oxygen atoms in total. The highest BCUT2D eigenvalue weighted by Gasteiger charge is 2.39. The number of piperidine rings is 1. The van der Waals surface area contributed by atoms with Crippen LogP contribution in [0.1, 0.15) is 88.8 Å². The van der Waals surface area contributed by atoms with Crippen molar-refractivity contribution in [2.24, 2.45) is 0 Å². The fourth-order valence-electron chi connectivity index (χ4n) is 6.63. The van der Waals surface area contributed by atoms with Crippen molar-refractivity contribution in [3.8, 4) is 0 Å². The van der Waals surface area contributed by atoms with Crippen LogP contribution in [0.2, 0.25) is 0 Å². The molecule has 1 amide bonds. The molecule has 5 atom stereocenters. The Morgan fingerprint density at radius 3 is 2.42 bits per heavy atom. The van der Waals surface area contributed by atoms with Crippen LogP contribution in [0, 0.1) is 6.92 Å². The Kier molecular flexibility index (Phi) is 12.2. The zero-order valence-electron chi connectivity index (χ0n) is 29.7. The van der Waals surface area contributed by atoms with E-state index in [4.69, 9.17) is 18.9 Å². The summed E-state index contributed by atoms with van der Waals surface area (Å²) in [6.45, 7) is 11.2. The van der Waals surface area contributed by atoms with E-state index in [9.17, 15) is 19.2 Å². The molecular formula is C38H50N4O8. The first-order valence-corrected chi connectivity index (χ1v) is 17.6. The number of nitrogens with one attached hydrogen (secondary N) is 1. The number of H-pyrrole nitrogens is 1. The second-order valence-corrected chi connectivity index (χ2v) is 14.2. The van der Waals surface area contributed by atoms with Crippen molar-refractivity contribution < 1.29 is 28.5 Å². The number of nitrogens with zero attached hydrogens (tertiary/aromatic N) is 3. The second-order valence-electron chi connectivity index (χ2n) is 14.2. The van der Waals surface area contributed by atoms with Gasteiger partial charge in [0.25, 0.3) is 5.56 Å². The summed E-state index contributed by atoms with van der Waals surface area (Å²) in [7, 11) is 0. The standard InChI is InChI=1S/C38H50N4O8/c1-6-30-31(21-33(47-30)42-22-26(2)34(43)39-35(42)44)48-37(46)49-32(28-17-11-8-12-18-28)25-40(23-27-15-9-7-10-16-27)24-29-19-13-14-20-41(29)36(45)50-38(3,4)5/h7-12,15-18,22,29-33H,6,13-14,19-21,23-25H2,1-5H3,(H,39,43,44)/t29?,30-,31?,32?,33-/m1/s1. The molecule has 12 heteroatoms. The SMILES string of the molecule is CC[C@H]1O[C@@H](n2cc(C)c(=O)[nH]c2=O)CC1OC(=O)OC(CN(Cc1ccccc1)CC1CCCCN1C(=O)OC(C)(C)C)c1ccccc1. The van der Waals surface area contributed by atoms with Crippen LogP contribution in [-0.4, -0.2) is 75.1 Å². The van der Waals surface area contributed by atoms with Crippen LogP contribution in [0.4, 0.5) is 9.59 Å². The zero-order chi connectivity index (χ0) is 35.8. The first kappa shape index (κ1) is 36.9. The summed E-state index contributed by atoms with van der Waals surface area (Å²) in [5.41, 5.74) is 0.618. The Morgan fingerprint density at radius 1 is 1.04 bits per heavy atom. The van der Waals surface area contributed by atoms with Gasteiger partial charge in [-0.2, -0.15) is 0 Å². The summed E-state index contributed by atoms with van der Waals surface area (Å²) in [4.78, 5) is 57.7. The maximum Gasteiger partial charge on any atom is 0.509 e. The van der Waals surface area contributed by atoms with E-state index >= 15 is 0 Å². The maximum atomic E-state index is 13.6. The lowest BCUT2D eigenvalue weighted by Gasteiger charge is -2.40. The molecule has 2 aliphatic rings. The van der Waals surface area contributed by atoms with E-state index in [1.54, 1.807) is 6.92 Å². The molecule has 3 heterocycles. The van der Waals surface area contributed by atoms with Crippen LogP contribution < -0.4 is 11.2 Å². The van der Waals surface area contributed by atoms with E-state index in [0.29, 0.717) is 38.2 Å². The van der Waals surface area contributed by atoms with E-state index in [2.05, 4.69) is 22.0 Å². The average molecular weight is 691 g/mol. The molecule has 0 saturated carbocycles. The number of rotatable bonds is 11. The van der Waals surface area contributed by atoms with Gasteiger partial charge >= 0.3 is 17.9 Å². The van der Waals surface area contributed by atoms with Crippen LogP contribution in [-0.2, 0) is 25.5 Å². The Balaban J connectivity index is 1.34. The smallest absolute Gasteiger partial charge is 0.444 e. The van der Waals surface area contributed by atoms with Crippen molar-refractivity contribution in [1.29, 1.82) is 0 Å². The Bertz CT molecular complexity index is 1690. The van der Waals surface area contributed by atoms with Gasteiger partial charge < -0.3 is 23.8 Å². The average Bonchev–Trinajstić information content (AvgIpc) is 3.48. The molecule has 3 unspecified atom stereocenters. The Morgan fingerprint density at radius 2 is 1.74 bits per heavy atom. The number of benzene rings is 2.